The van der Waals surface area contributed by atoms with E-state index in [9.17, 15) is 4.57 Å². The predicted molar refractivity (Wildman–Crippen MR) is 140 cm³/mol. The van der Waals surface area contributed by atoms with Gasteiger partial charge < -0.3 is 6.15 Å². The largest absolute Gasteiger partial charge is 0.474 e. The van der Waals surface area contributed by atoms with E-state index in [1.54, 1.807) is 0 Å². The van der Waals surface area contributed by atoms with Crippen LogP contribution in [0.5, 0.6) is 0 Å². The van der Waals surface area contributed by atoms with Crippen LogP contribution in [0.3, 0.4) is 0 Å². The van der Waals surface area contributed by atoms with Crippen LogP contribution < -0.4 is 6.15 Å². The summed E-state index contributed by atoms with van der Waals surface area (Å²) in [5, 5.41) is 0. The Balaban J connectivity index is 0. The summed E-state index contributed by atoms with van der Waals surface area (Å²) in [6.45, 7) is 7.64. The predicted octanol–water partition coefficient (Wildman–Crippen LogP) is 10.2. The van der Waals surface area contributed by atoms with Gasteiger partial charge in [-0.05, 0) is 19.8 Å². The van der Waals surface area contributed by atoms with Crippen molar-refractivity contribution in [3.05, 3.63) is 0 Å². The van der Waals surface area contributed by atoms with Crippen LogP contribution in [0, 0.1) is 0 Å². The molecule has 6 heteroatoms. The quantitative estimate of drug-likeness (QED) is 0.0985. The van der Waals surface area contributed by atoms with Gasteiger partial charge in [-0.15, -0.1) is 0 Å². The van der Waals surface area contributed by atoms with E-state index in [0.29, 0.717) is 19.8 Å². The fourth-order valence-electron chi connectivity index (χ4n) is 3.80. The second-order valence-corrected chi connectivity index (χ2v) is 10.6. The highest BCUT2D eigenvalue weighted by atomic mass is 31.2. The molecule has 0 atom stereocenters. The van der Waals surface area contributed by atoms with Gasteiger partial charge in [-0.1, -0.05) is 129 Å². The summed E-state index contributed by atoms with van der Waals surface area (Å²) in [7, 11) is -3.37. The Hall–Kier alpha value is 0.0700. The highest BCUT2D eigenvalue weighted by Crippen LogP contribution is 2.49. The highest BCUT2D eigenvalue weighted by Gasteiger charge is 2.25. The maximum Gasteiger partial charge on any atom is 0.474 e. The number of phosphoric acid groups is 1. The lowest BCUT2D eigenvalue weighted by molar-refractivity contribution is 0.114. The average Bonchev–Trinajstić information content (AvgIpc) is 2.76. The van der Waals surface area contributed by atoms with Gasteiger partial charge in [0.15, 0.2) is 0 Å². The van der Waals surface area contributed by atoms with E-state index in [1.165, 1.54) is 103 Å². The minimum Gasteiger partial charge on any atom is -0.344 e. The van der Waals surface area contributed by atoms with Crippen LogP contribution in [0.4, 0.5) is 0 Å². The fourth-order valence-corrected chi connectivity index (χ4v) is 5.05. The van der Waals surface area contributed by atoms with Gasteiger partial charge in [0.25, 0.3) is 0 Å². The molecular formula is C26H58NO4P. The van der Waals surface area contributed by atoms with Crippen molar-refractivity contribution in [3.63, 3.8) is 0 Å². The minimum atomic E-state index is -3.37. The van der Waals surface area contributed by atoms with Crippen molar-refractivity contribution < 1.29 is 18.1 Å². The van der Waals surface area contributed by atoms with Gasteiger partial charge in [0, 0.05) is 0 Å². The van der Waals surface area contributed by atoms with Gasteiger partial charge in [0.2, 0.25) is 0 Å². The Morgan fingerprint density at radius 2 is 0.719 bits per heavy atom. The molecule has 0 aliphatic heterocycles. The molecule has 0 aromatic carbocycles. The van der Waals surface area contributed by atoms with Crippen LogP contribution in [0.15, 0.2) is 0 Å². The third-order valence-electron chi connectivity index (χ3n) is 5.78. The second kappa shape index (κ2) is 27.3. The molecule has 3 N–H and O–H groups in total. The molecule has 0 aromatic heterocycles. The Bertz CT molecular complexity index is 366. The van der Waals surface area contributed by atoms with E-state index in [4.69, 9.17) is 13.6 Å². The Kier molecular flexibility index (Phi) is 29.2. The first-order chi connectivity index (χ1) is 15.2. The highest BCUT2D eigenvalue weighted by molar-refractivity contribution is 7.48. The topological polar surface area (TPSA) is 79.8 Å². The number of hydrogen-bond acceptors (Lipinski definition) is 5. The minimum absolute atomic E-state index is 0. The first-order valence-electron chi connectivity index (χ1n) is 13.7. The fraction of sp³-hybridized carbons (Fsp3) is 1.00. The second-order valence-electron chi connectivity index (χ2n) is 8.90. The van der Waals surface area contributed by atoms with E-state index in [1.807, 2.05) is 6.92 Å². The summed E-state index contributed by atoms with van der Waals surface area (Å²) in [6, 6.07) is 0. The molecule has 0 saturated heterocycles. The molecule has 0 rings (SSSR count). The zero-order valence-electron chi connectivity index (χ0n) is 22.1. The maximum absolute atomic E-state index is 12.7. The lowest BCUT2D eigenvalue weighted by atomic mass is 10.1. The van der Waals surface area contributed by atoms with Crippen molar-refractivity contribution in [2.24, 2.45) is 0 Å². The molecular weight excluding hydrogens is 421 g/mol. The molecule has 0 unspecified atom stereocenters. The normalized spacial score (nSPS) is 11.6. The van der Waals surface area contributed by atoms with Crippen molar-refractivity contribution in [2.75, 3.05) is 19.8 Å². The molecule has 0 aliphatic rings. The maximum atomic E-state index is 12.7. The van der Waals surface area contributed by atoms with Gasteiger partial charge in [0.05, 0.1) is 19.8 Å². The van der Waals surface area contributed by atoms with Gasteiger partial charge in [-0.2, -0.15) is 0 Å². The van der Waals surface area contributed by atoms with E-state index in [0.717, 1.165) is 25.7 Å². The third-order valence-corrected chi connectivity index (χ3v) is 7.35. The lowest BCUT2D eigenvalue weighted by Crippen LogP contribution is -2.03. The van der Waals surface area contributed by atoms with Crippen LogP contribution in [0.1, 0.15) is 149 Å². The summed E-state index contributed by atoms with van der Waals surface area (Å²) < 4.78 is 29.1. The Morgan fingerprint density at radius 1 is 0.438 bits per heavy atom. The van der Waals surface area contributed by atoms with Crippen molar-refractivity contribution in [2.45, 2.75) is 149 Å². The monoisotopic (exact) mass is 479 g/mol. The molecule has 0 amide bonds. The van der Waals surface area contributed by atoms with E-state index >= 15 is 0 Å². The standard InChI is InChI=1S/C26H55O4P.H3N/c1-4-7-9-11-13-15-17-19-21-23-25-29-31(27,28-6-3)30-26-24-22-20-18-16-14-12-10-8-5-2;/h4-26H2,1-3H3;1H3. The molecule has 0 spiro atoms. The summed E-state index contributed by atoms with van der Waals surface area (Å²) in [5.74, 6) is 0. The first kappa shape index (κ1) is 34.2. The van der Waals surface area contributed by atoms with Gasteiger partial charge in [-0.3, -0.25) is 13.6 Å². The molecule has 0 heterocycles. The SMILES string of the molecule is CCCCCCCCCCCCOP(=O)(OCC)OCCCCCCCCCCCC.N. The zero-order valence-corrected chi connectivity index (χ0v) is 22.9. The van der Waals surface area contributed by atoms with Crippen LogP contribution in [-0.4, -0.2) is 19.8 Å². The molecule has 5 nitrogen and oxygen atoms in total. The Labute approximate surface area is 201 Å². The third kappa shape index (κ3) is 24.7. The van der Waals surface area contributed by atoms with Crippen LogP contribution in [-0.2, 0) is 18.1 Å². The molecule has 196 valence electrons. The van der Waals surface area contributed by atoms with Gasteiger partial charge >= 0.3 is 7.82 Å². The van der Waals surface area contributed by atoms with Crippen molar-refractivity contribution in [1.29, 1.82) is 0 Å². The molecule has 0 bridgehead atoms. The van der Waals surface area contributed by atoms with Crippen molar-refractivity contribution >= 4 is 7.82 Å². The van der Waals surface area contributed by atoms with E-state index in [2.05, 4.69) is 13.8 Å². The van der Waals surface area contributed by atoms with Crippen LogP contribution >= 0.6 is 7.82 Å². The summed E-state index contributed by atoms with van der Waals surface area (Å²) in [6.07, 6.45) is 25.5. The Morgan fingerprint density at radius 3 is 1.00 bits per heavy atom. The molecule has 0 saturated carbocycles. The summed E-state index contributed by atoms with van der Waals surface area (Å²) in [5.41, 5.74) is 0. The zero-order chi connectivity index (χ0) is 22.9. The molecule has 0 fully saturated rings. The number of phosphoric ester groups is 1. The van der Waals surface area contributed by atoms with E-state index in [-0.39, 0.29) is 6.15 Å². The van der Waals surface area contributed by atoms with Crippen LogP contribution in [0.2, 0.25) is 0 Å². The molecule has 0 radical (unpaired) electrons. The molecule has 0 aliphatic carbocycles. The summed E-state index contributed by atoms with van der Waals surface area (Å²) >= 11 is 0. The van der Waals surface area contributed by atoms with Crippen molar-refractivity contribution in [3.8, 4) is 0 Å². The molecule has 32 heavy (non-hydrogen) atoms. The number of hydrogen-bond donors (Lipinski definition) is 1. The summed E-state index contributed by atoms with van der Waals surface area (Å²) in [4.78, 5) is 0. The first-order valence-corrected chi connectivity index (χ1v) is 15.2. The van der Waals surface area contributed by atoms with Crippen LogP contribution in [0.25, 0.3) is 0 Å². The van der Waals surface area contributed by atoms with E-state index < -0.39 is 7.82 Å². The van der Waals surface area contributed by atoms with Gasteiger partial charge in [-0.25, -0.2) is 4.57 Å². The smallest absolute Gasteiger partial charge is 0.344 e. The number of rotatable bonds is 26. The average molecular weight is 480 g/mol. The lowest BCUT2D eigenvalue weighted by Gasteiger charge is -2.17. The van der Waals surface area contributed by atoms with Crippen molar-refractivity contribution in [1.82, 2.24) is 6.15 Å². The number of unbranched alkanes of at least 4 members (excludes halogenated alkanes) is 18. The van der Waals surface area contributed by atoms with Gasteiger partial charge in [0.1, 0.15) is 0 Å². The molecule has 0 aromatic rings.